The van der Waals surface area contributed by atoms with Crippen molar-refractivity contribution in [2.45, 2.75) is 26.3 Å². The van der Waals surface area contributed by atoms with Gasteiger partial charge in [-0.3, -0.25) is 0 Å². The molecule has 0 radical (unpaired) electrons. The number of hydrogen-bond donors (Lipinski definition) is 3. The zero-order chi connectivity index (χ0) is 18.5. The number of hydrogen-bond acceptors (Lipinski definition) is 5. The smallest absolute Gasteiger partial charge is 0.165 e. The first kappa shape index (κ1) is 17.9. The molecule has 4 N–H and O–H groups in total. The van der Waals surface area contributed by atoms with Crippen molar-refractivity contribution in [1.82, 2.24) is 9.97 Å². The summed E-state index contributed by atoms with van der Waals surface area (Å²) in [5.74, 6) is 1.33. The summed E-state index contributed by atoms with van der Waals surface area (Å²) in [6.45, 7) is 4.76. The van der Waals surface area contributed by atoms with Crippen molar-refractivity contribution < 1.29 is 5.11 Å². The fourth-order valence-electron chi connectivity index (χ4n) is 2.75. The van der Waals surface area contributed by atoms with Gasteiger partial charge in [0.1, 0.15) is 11.6 Å². The number of nitrogens with two attached hydrogens (primary N) is 1. The van der Waals surface area contributed by atoms with Crippen LogP contribution < -0.4 is 11.1 Å². The van der Waals surface area contributed by atoms with Crippen LogP contribution in [0.5, 0.6) is 5.75 Å². The molecule has 26 heavy (non-hydrogen) atoms. The second-order valence-corrected chi connectivity index (χ2v) is 6.36. The Hall–Kier alpha value is -2.92. The highest BCUT2D eigenvalue weighted by atomic mass is 16.3. The number of phenolic OH excluding ortho intramolecular Hbond substituents is 1. The van der Waals surface area contributed by atoms with Gasteiger partial charge in [0.2, 0.25) is 0 Å². The van der Waals surface area contributed by atoms with Gasteiger partial charge in [-0.1, -0.05) is 37.3 Å². The minimum Gasteiger partial charge on any atom is -0.507 e. The fourth-order valence-corrected chi connectivity index (χ4v) is 2.75. The minimum absolute atomic E-state index is 0.0752. The number of aromatic nitrogens is 2. The molecule has 0 amide bonds. The van der Waals surface area contributed by atoms with Crippen LogP contribution in [0, 0.1) is 6.92 Å². The topological polar surface area (TPSA) is 84.1 Å². The summed E-state index contributed by atoms with van der Waals surface area (Å²) in [5.41, 5.74) is 9.87. The largest absolute Gasteiger partial charge is 0.507 e. The first-order valence-electron chi connectivity index (χ1n) is 8.80. The van der Waals surface area contributed by atoms with E-state index in [0.29, 0.717) is 23.8 Å². The van der Waals surface area contributed by atoms with Crippen LogP contribution in [-0.2, 0) is 0 Å². The third kappa shape index (κ3) is 4.00. The third-order valence-electron chi connectivity index (χ3n) is 4.42. The van der Waals surface area contributed by atoms with Gasteiger partial charge in [0.05, 0.1) is 5.56 Å². The molecule has 1 heterocycles. The standard InChI is InChI=1S/C21H24N4O/c1-3-16(22)13-24-20-10-11-23-21(25-20)18-12-15(8-9-19(18)26)17-7-5-4-6-14(17)2/h4-12,16,26H,3,13,22H2,1-2H3,(H,23,24,25)/t16-/m0/s1. The van der Waals surface area contributed by atoms with Crippen LogP contribution in [0.2, 0.25) is 0 Å². The van der Waals surface area contributed by atoms with E-state index in [1.807, 2.05) is 31.2 Å². The molecule has 1 aromatic heterocycles. The summed E-state index contributed by atoms with van der Waals surface area (Å²) in [6, 6.07) is 15.5. The number of nitrogens with zero attached hydrogens (tertiary/aromatic N) is 2. The zero-order valence-electron chi connectivity index (χ0n) is 15.1. The fraction of sp³-hybridized carbons (Fsp3) is 0.238. The van der Waals surface area contributed by atoms with E-state index < -0.39 is 0 Å². The average Bonchev–Trinajstić information content (AvgIpc) is 2.67. The molecule has 0 spiro atoms. The molecule has 0 aliphatic rings. The molecule has 5 heteroatoms. The first-order chi connectivity index (χ1) is 12.6. The van der Waals surface area contributed by atoms with E-state index in [4.69, 9.17) is 5.73 Å². The molecule has 0 bridgehead atoms. The Morgan fingerprint density at radius 3 is 2.69 bits per heavy atom. The Labute approximate surface area is 153 Å². The van der Waals surface area contributed by atoms with E-state index in [0.717, 1.165) is 17.5 Å². The van der Waals surface area contributed by atoms with Gasteiger partial charge in [-0.2, -0.15) is 0 Å². The average molecular weight is 348 g/mol. The minimum atomic E-state index is 0.0752. The summed E-state index contributed by atoms with van der Waals surface area (Å²) < 4.78 is 0. The molecule has 2 aromatic carbocycles. The van der Waals surface area contributed by atoms with Gasteiger partial charge in [-0.25, -0.2) is 9.97 Å². The van der Waals surface area contributed by atoms with Crippen molar-refractivity contribution in [3.05, 3.63) is 60.3 Å². The van der Waals surface area contributed by atoms with Crippen LogP contribution in [0.15, 0.2) is 54.7 Å². The first-order valence-corrected chi connectivity index (χ1v) is 8.80. The lowest BCUT2D eigenvalue weighted by atomic mass is 9.98. The Bertz CT molecular complexity index is 895. The molecule has 1 atom stereocenters. The lowest BCUT2D eigenvalue weighted by molar-refractivity contribution is 0.477. The second-order valence-electron chi connectivity index (χ2n) is 6.36. The van der Waals surface area contributed by atoms with E-state index in [2.05, 4.69) is 34.3 Å². The summed E-state index contributed by atoms with van der Waals surface area (Å²) in [7, 11) is 0. The van der Waals surface area contributed by atoms with E-state index in [-0.39, 0.29) is 11.8 Å². The highest BCUT2D eigenvalue weighted by molar-refractivity contribution is 5.76. The molecule has 5 nitrogen and oxygen atoms in total. The maximum atomic E-state index is 10.3. The molecular weight excluding hydrogens is 324 g/mol. The predicted octanol–water partition coefficient (Wildman–Crippen LogP) is 3.97. The third-order valence-corrected chi connectivity index (χ3v) is 4.42. The number of benzene rings is 2. The molecule has 0 fully saturated rings. The summed E-state index contributed by atoms with van der Waals surface area (Å²) in [6.07, 6.45) is 2.58. The predicted molar refractivity (Wildman–Crippen MR) is 106 cm³/mol. The highest BCUT2D eigenvalue weighted by Crippen LogP contribution is 2.33. The molecule has 3 rings (SSSR count). The Kier molecular flexibility index (Phi) is 5.49. The SMILES string of the molecule is CC[C@H](N)CNc1ccnc(-c2cc(-c3ccccc3C)ccc2O)n1. The lowest BCUT2D eigenvalue weighted by Crippen LogP contribution is -2.28. The van der Waals surface area contributed by atoms with Crippen molar-refractivity contribution >= 4 is 5.82 Å². The van der Waals surface area contributed by atoms with Crippen LogP contribution in [-0.4, -0.2) is 27.7 Å². The monoisotopic (exact) mass is 348 g/mol. The lowest BCUT2D eigenvalue weighted by Gasteiger charge is -2.12. The second kappa shape index (κ2) is 7.97. The van der Waals surface area contributed by atoms with Crippen molar-refractivity contribution in [2.24, 2.45) is 5.73 Å². The van der Waals surface area contributed by atoms with Crippen LogP contribution in [0.4, 0.5) is 5.82 Å². The van der Waals surface area contributed by atoms with Crippen molar-refractivity contribution in [1.29, 1.82) is 0 Å². The Morgan fingerprint density at radius 2 is 1.92 bits per heavy atom. The summed E-state index contributed by atoms with van der Waals surface area (Å²) in [5, 5.41) is 13.6. The number of phenols is 1. The quantitative estimate of drug-likeness (QED) is 0.628. The van der Waals surface area contributed by atoms with Crippen LogP contribution in [0.1, 0.15) is 18.9 Å². The van der Waals surface area contributed by atoms with Crippen LogP contribution >= 0.6 is 0 Å². The van der Waals surface area contributed by atoms with Gasteiger partial charge in [-0.15, -0.1) is 0 Å². The molecule has 0 saturated carbocycles. The van der Waals surface area contributed by atoms with E-state index in [1.165, 1.54) is 5.56 Å². The molecular formula is C21H24N4O. The van der Waals surface area contributed by atoms with Crippen molar-refractivity contribution in [2.75, 3.05) is 11.9 Å². The maximum Gasteiger partial charge on any atom is 0.165 e. The van der Waals surface area contributed by atoms with Gasteiger partial charge in [0, 0.05) is 18.8 Å². The van der Waals surface area contributed by atoms with Crippen LogP contribution in [0.3, 0.4) is 0 Å². The number of rotatable bonds is 6. The molecule has 134 valence electrons. The summed E-state index contributed by atoms with van der Waals surface area (Å²) in [4.78, 5) is 8.86. The van der Waals surface area contributed by atoms with Gasteiger partial charge >= 0.3 is 0 Å². The maximum absolute atomic E-state index is 10.3. The molecule has 0 saturated heterocycles. The van der Waals surface area contributed by atoms with E-state index in [1.54, 1.807) is 18.3 Å². The highest BCUT2D eigenvalue weighted by Gasteiger charge is 2.11. The molecule has 0 unspecified atom stereocenters. The summed E-state index contributed by atoms with van der Waals surface area (Å²) >= 11 is 0. The molecule has 0 aliphatic heterocycles. The van der Waals surface area contributed by atoms with E-state index in [9.17, 15) is 5.11 Å². The Morgan fingerprint density at radius 1 is 1.12 bits per heavy atom. The van der Waals surface area contributed by atoms with Gasteiger partial charge in [0.15, 0.2) is 5.82 Å². The van der Waals surface area contributed by atoms with Gasteiger partial charge < -0.3 is 16.2 Å². The molecule has 0 aliphatic carbocycles. The van der Waals surface area contributed by atoms with Gasteiger partial charge in [-0.05, 0) is 48.2 Å². The zero-order valence-corrected chi connectivity index (χ0v) is 15.1. The van der Waals surface area contributed by atoms with E-state index >= 15 is 0 Å². The molecule has 3 aromatic rings. The number of anilines is 1. The Balaban J connectivity index is 1.94. The van der Waals surface area contributed by atoms with Gasteiger partial charge in [0.25, 0.3) is 0 Å². The van der Waals surface area contributed by atoms with Crippen molar-refractivity contribution in [3.63, 3.8) is 0 Å². The van der Waals surface area contributed by atoms with Crippen LogP contribution in [0.25, 0.3) is 22.5 Å². The normalized spacial score (nSPS) is 12.0. The van der Waals surface area contributed by atoms with Crippen molar-refractivity contribution in [3.8, 4) is 28.3 Å². The number of aromatic hydroxyl groups is 1. The number of nitrogens with one attached hydrogen (secondary N) is 1. The number of aryl methyl sites for hydroxylation is 1.